The maximum absolute atomic E-state index is 12.4. The van der Waals surface area contributed by atoms with E-state index in [-0.39, 0.29) is 23.8 Å². The van der Waals surface area contributed by atoms with E-state index in [9.17, 15) is 19.8 Å². The van der Waals surface area contributed by atoms with Crippen LogP contribution in [0.25, 0.3) is 6.08 Å². The Morgan fingerprint density at radius 1 is 1.21 bits per heavy atom. The number of rotatable bonds is 7. The molecule has 0 atom stereocenters. The summed E-state index contributed by atoms with van der Waals surface area (Å²) in [6.45, 7) is 0.461. The number of phenols is 2. The van der Waals surface area contributed by atoms with Crippen molar-refractivity contribution in [1.29, 1.82) is 0 Å². The Kier molecular flexibility index (Phi) is 6.22. The van der Waals surface area contributed by atoms with Gasteiger partial charge in [0.05, 0.1) is 4.91 Å². The van der Waals surface area contributed by atoms with Crippen LogP contribution in [-0.4, -0.2) is 43.0 Å². The molecule has 1 saturated heterocycles. The lowest BCUT2D eigenvalue weighted by atomic mass is 10.1. The molecule has 1 amide bonds. The second-order valence-corrected chi connectivity index (χ2v) is 6.96. The van der Waals surface area contributed by atoms with Crippen molar-refractivity contribution in [2.24, 2.45) is 0 Å². The van der Waals surface area contributed by atoms with E-state index in [1.165, 1.54) is 28.8 Å². The lowest BCUT2D eigenvalue weighted by molar-refractivity contribution is -0.137. The molecule has 1 heterocycles. The molecule has 0 radical (unpaired) electrons. The Bertz CT molecular complexity index is 702. The highest BCUT2D eigenvalue weighted by molar-refractivity contribution is 8.26. The van der Waals surface area contributed by atoms with Gasteiger partial charge < -0.3 is 15.3 Å². The van der Waals surface area contributed by atoms with Gasteiger partial charge in [-0.1, -0.05) is 36.5 Å². The van der Waals surface area contributed by atoms with E-state index in [0.29, 0.717) is 40.6 Å². The molecule has 1 fully saturated rings. The second-order valence-electron chi connectivity index (χ2n) is 5.29. The summed E-state index contributed by atoms with van der Waals surface area (Å²) >= 11 is 6.41. The predicted octanol–water partition coefficient (Wildman–Crippen LogP) is 2.94. The third-order valence-electron chi connectivity index (χ3n) is 3.44. The second kappa shape index (κ2) is 8.16. The molecule has 0 bridgehead atoms. The van der Waals surface area contributed by atoms with Gasteiger partial charge in [-0.15, -0.1) is 0 Å². The van der Waals surface area contributed by atoms with Gasteiger partial charge in [-0.3, -0.25) is 14.5 Å². The standard InChI is InChI=1S/C16H17NO5S2/c18-11-6-5-10(8-12(11)19)9-13-15(22)17(16(23)24-13)7-3-1-2-4-14(20)21/h5-6,8-9,18-19H,1-4,7H2,(H,20,21). The molecule has 2 rings (SSSR count). The number of nitrogens with zero attached hydrogens (tertiary/aromatic N) is 1. The number of hydrogen-bond donors (Lipinski definition) is 3. The molecule has 0 spiro atoms. The molecule has 1 aliphatic rings. The van der Waals surface area contributed by atoms with E-state index in [4.69, 9.17) is 17.3 Å². The number of aliphatic carboxylic acids is 1. The number of hydrogen-bond acceptors (Lipinski definition) is 6. The van der Waals surface area contributed by atoms with Crippen LogP contribution in [-0.2, 0) is 9.59 Å². The average molecular weight is 367 g/mol. The molecule has 128 valence electrons. The van der Waals surface area contributed by atoms with Crippen molar-refractivity contribution in [2.75, 3.05) is 6.54 Å². The van der Waals surface area contributed by atoms with Crippen LogP contribution >= 0.6 is 24.0 Å². The summed E-state index contributed by atoms with van der Waals surface area (Å²) in [6.07, 6.45) is 3.72. The van der Waals surface area contributed by atoms with E-state index < -0.39 is 5.97 Å². The molecule has 3 N–H and O–H groups in total. The third-order valence-corrected chi connectivity index (χ3v) is 4.82. The summed E-state index contributed by atoms with van der Waals surface area (Å²) in [5.41, 5.74) is 0.590. The van der Waals surface area contributed by atoms with Crippen molar-refractivity contribution in [3.05, 3.63) is 28.7 Å². The fourth-order valence-electron chi connectivity index (χ4n) is 2.20. The normalized spacial score (nSPS) is 16.2. The number of carboxylic acid groups (broad SMARTS) is 1. The minimum Gasteiger partial charge on any atom is -0.504 e. The molecule has 1 aliphatic heterocycles. The number of carbonyl (C=O) groups is 2. The van der Waals surface area contributed by atoms with Gasteiger partial charge in [0.1, 0.15) is 4.32 Å². The topological polar surface area (TPSA) is 98.1 Å². The number of carbonyl (C=O) groups excluding carboxylic acids is 1. The molecule has 0 aromatic heterocycles. The number of amides is 1. The summed E-state index contributed by atoms with van der Waals surface area (Å²) in [5, 5.41) is 27.4. The van der Waals surface area contributed by atoms with E-state index in [0.717, 1.165) is 0 Å². The van der Waals surface area contributed by atoms with Crippen LogP contribution < -0.4 is 0 Å². The number of thioether (sulfide) groups is 1. The maximum atomic E-state index is 12.4. The van der Waals surface area contributed by atoms with E-state index >= 15 is 0 Å². The van der Waals surface area contributed by atoms with Gasteiger partial charge >= 0.3 is 5.97 Å². The number of unbranched alkanes of at least 4 members (excludes halogenated alkanes) is 2. The predicted molar refractivity (Wildman–Crippen MR) is 95.8 cm³/mol. The van der Waals surface area contributed by atoms with Crippen LogP contribution in [0.2, 0.25) is 0 Å². The van der Waals surface area contributed by atoms with Crippen molar-refractivity contribution < 1.29 is 24.9 Å². The zero-order chi connectivity index (χ0) is 17.7. The third kappa shape index (κ3) is 4.72. The van der Waals surface area contributed by atoms with Crippen molar-refractivity contribution in [1.82, 2.24) is 4.90 Å². The Balaban J connectivity index is 1.96. The molecule has 0 unspecified atom stereocenters. The first-order chi connectivity index (χ1) is 11.4. The smallest absolute Gasteiger partial charge is 0.303 e. The van der Waals surface area contributed by atoms with Crippen molar-refractivity contribution >= 4 is 46.3 Å². The van der Waals surface area contributed by atoms with Gasteiger partial charge in [0.15, 0.2) is 11.5 Å². The minimum absolute atomic E-state index is 0.128. The van der Waals surface area contributed by atoms with E-state index in [2.05, 4.69) is 0 Å². The van der Waals surface area contributed by atoms with Crippen LogP contribution in [0.3, 0.4) is 0 Å². The molecule has 0 aliphatic carbocycles. The number of phenolic OH excluding ortho intramolecular Hbond substituents is 2. The molecular weight excluding hydrogens is 350 g/mol. The summed E-state index contributed by atoms with van der Waals surface area (Å²) in [5.74, 6) is -1.49. The Morgan fingerprint density at radius 2 is 1.96 bits per heavy atom. The highest BCUT2D eigenvalue weighted by atomic mass is 32.2. The van der Waals surface area contributed by atoms with Crippen molar-refractivity contribution in [3.63, 3.8) is 0 Å². The lowest BCUT2D eigenvalue weighted by Gasteiger charge is -2.13. The zero-order valence-corrected chi connectivity index (χ0v) is 14.4. The fraction of sp³-hybridized carbons (Fsp3) is 0.312. The minimum atomic E-state index is -0.819. The SMILES string of the molecule is O=C(O)CCCCCN1C(=O)C(=Cc2ccc(O)c(O)c2)SC1=S. The summed E-state index contributed by atoms with van der Waals surface area (Å²) < 4.78 is 0.465. The molecular formula is C16H17NO5S2. The largest absolute Gasteiger partial charge is 0.504 e. The van der Waals surface area contributed by atoms with Gasteiger partial charge in [-0.05, 0) is 36.6 Å². The van der Waals surface area contributed by atoms with E-state index in [1.54, 1.807) is 12.1 Å². The van der Waals surface area contributed by atoms with Crippen LogP contribution in [0.1, 0.15) is 31.2 Å². The van der Waals surface area contributed by atoms with Gasteiger partial charge in [0.25, 0.3) is 5.91 Å². The highest BCUT2D eigenvalue weighted by Crippen LogP contribution is 2.34. The van der Waals surface area contributed by atoms with Gasteiger partial charge in [-0.2, -0.15) is 0 Å². The van der Waals surface area contributed by atoms with Crippen LogP contribution in [0.4, 0.5) is 0 Å². The summed E-state index contributed by atoms with van der Waals surface area (Å²) in [4.78, 5) is 24.8. The fourth-order valence-corrected chi connectivity index (χ4v) is 3.51. The summed E-state index contributed by atoms with van der Waals surface area (Å²) in [6, 6.07) is 4.31. The molecule has 0 saturated carbocycles. The number of thiocarbonyl (C=S) groups is 1. The van der Waals surface area contributed by atoms with Crippen molar-refractivity contribution in [2.45, 2.75) is 25.7 Å². The average Bonchev–Trinajstić information content (AvgIpc) is 2.77. The van der Waals surface area contributed by atoms with Crippen LogP contribution in [0, 0.1) is 0 Å². The van der Waals surface area contributed by atoms with Gasteiger partial charge in [0, 0.05) is 13.0 Å². The molecule has 6 nitrogen and oxygen atoms in total. The zero-order valence-electron chi connectivity index (χ0n) is 12.8. The first-order valence-corrected chi connectivity index (χ1v) is 8.60. The lowest BCUT2D eigenvalue weighted by Crippen LogP contribution is -2.29. The molecule has 24 heavy (non-hydrogen) atoms. The number of carboxylic acids is 1. The maximum Gasteiger partial charge on any atom is 0.303 e. The van der Waals surface area contributed by atoms with Gasteiger partial charge in [-0.25, -0.2) is 0 Å². The van der Waals surface area contributed by atoms with Gasteiger partial charge in [0.2, 0.25) is 0 Å². The Labute approximate surface area is 148 Å². The van der Waals surface area contributed by atoms with E-state index in [1.807, 2.05) is 0 Å². The monoisotopic (exact) mass is 367 g/mol. The molecule has 8 heteroatoms. The Morgan fingerprint density at radius 3 is 2.62 bits per heavy atom. The summed E-state index contributed by atoms with van der Waals surface area (Å²) in [7, 11) is 0. The van der Waals surface area contributed by atoms with Crippen molar-refractivity contribution in [3.8, 4) is 11.5 Å². The molecule has 1 aromatic carbocycles. The first kappa shape index (κ1) is 18.3. The first-order valence-electron chi connectivity index (χ1n) is 7.37. The van der Waals surface area contributed by atoms with Crippen LogP contribution in [0.15, 0.2) is 23.1 Å². The molecule has 1 aromatic rings. The quantitative estimate of drug-likeness (QED) is 0.295. The highest BCUT2D eigenvalue weighted by Gasteiger charge is 2.31. The van der Waals surface area contributed by atoms with Crippen LogP contribution in [0.5, 0.6) is 11.5 Å². The number of aromatic hydroxyl groups is 2. The Hall–Kier alpha value is -2.06. The number of benzene rings is 1.